The lowest BCUT2D eigenvalue weighted by molar-refractivity contribution is 0.0864. The summed E-state index contributed by atoms with van der Waals surface area (Å²) in [6.07, 6.45) is 5.75. The summed E-state index contributed by atoms with van der Waals surface area (Å²) in [7, 11) is 0.105. The van der Waals surface area contributed by atoms with E-state index in [0.29, 0.717) is 81.1 Å². The third-order valence-corrected chi connectivity index (χ3v) is 27.3. The van der Waals surface area contributed by atoms with E-state index in [4.69, 9.17) is 79.6 Å². The van der Waals surface area contributed by atoms with Gasteiger partial charge in [0.05, 0.1) is 80.1 Å². The zero-order valence-electron chi connectivity index (χ0n) is 43.8. The molecular weight excluding hydrogens is 1370 g/mol. The Kier molecular flexibility index (Phi) is 24.4. The van der Waals surface area contributed by atoms with Gasteiger partial charge in [0.1, 0.15) is 28.1 Å². The van der Waals surface area contributed by atoms with E-state index in [1.165, 1.54) is 34.4 Å². The maximum Gasteiger partial charge on any atom is 0.271 e. The summed E-state index contributed by atoms with van der Waals surface area (Å²) >= 11 is 50.6. The molecule has 12 nitrogen and oxygen atoms in total. The van der Waals surface area contributed by atoms with Crippen molar-refractivity contribution in [3.05, 3.63) is 175 Å². The van der Waals surface area contributed by atoms with E-state index in [2.05, 4.69) is 47.1 Å². The van der Waals surface area contributed by atoms with E-state index in [1.54, 1.807) is 146 Å². The number of thioether (sulfide) groups is 1. The fourth-order valence-electron chi connectivity index (χ4n) is 7.86. The molecular formula is C55H50Cl6N6O6P2S8. The molecule has 9 rings (SSSR count). The van der Waals surface area contributed by atoms with E-state index in [1.807, 2.05) is 29.0 Å². The minimum atomic E-state index is -3.38. The molecule has 2 aromatic heterocycles. The van der Waals surface area contributed by atoms with E-state index in [0.717, 1.165) is 35.2 Å². The van der Waals surface area contributed by atoms with Gasteiger partial charge in [0, 0.05) is 44.7 Å². The molecule has 0 saturated carbocycles. The summed E-state index contributed by atoms with van der Waals surface area (Å²) in [6.45, 7) is 7.27. The number of imidazole rings is 2. The molecule has 436 valence electrons. The predicted octanol–water partition coefficient (Wildman–Crippen LogP) is 16.3. The number of benzene rings is 6. The van der Waals surface area contributed by atoms with Gasteiger partial charge in [0.15, 0.2) is 19.7 Å². The molecule has 0 unspecified atom stereocenters. The second-order valence-corrected chi connectivity index (χ2v) is 36.3. The summed E-state index contributed by atoms with van der Waals surface area (Å²) < 4.78 is 51.6. The summed E-state index contributed by atoms with van der Waals surface area (Å²) in [4.78, 5) is 27.7. The largest absolute Gasteiger partial charge is 0.394 e. The first-order valence-electron chi connectivity index (χ1n) is 23.7. The summed E-state index contributed by atoms with van der Waals surface area (Å²) in [5.41, 5.74) is 4.82. The molecule has 0 fully saturated rings. The zero-order valence-corrected chi connectivity index (χ0v) is 56.6. The fraction of sp³-hybridized carbons (Fsp3) is 0.200. The number of aliphatic hydroxyl groups excluding tert-OH is 1. The van der Waals surface area contributed by atoms with Gasteiger partial charge in [-0.05, 0) is 173 Å². The average molecular weight is 1420 g/mol. The molecule has 1 amide bonds. The van der Waals surface area contributed by atoms with Gasteiger partial charge in [-0.2, -0.15) is 0 Å². The van der Waals surface area contributed by atoms with Crippen LogP contribution in [0.4, 0.5) is 0 Å². The topological polar surface area (TPSA) is 166 Å². The maximum absolute atomic E-state index is 13.0. The Morgan fingerprint density at radius 2 is 1.14 bits per heavy atom. The van der Waals surface area contributed by atoms with Gasteiger partial charge in [0.2, 0.25) is 0 Å². The van der Waals surface area contributed by atoms with Crippen LogP contribution in [0.2, 0.25) is 30.1 Å². The number of amides is 1. The van der Waals surface area contributed by atoms with Crippen molar-refractivity contribution in [3.8, 4) is 56.4 Å². The molecule has 0 radical (unpaired) electrons. The van der Waals surface area contributed by atoms with Crippen LogP contribution < -0.4 is 5.32 Å². The molecule has 0 aliphatic carbocycles. The molecule has 0 saturated heterocycles. The molecule has 3 heterocycles. The third-order valence-electron chi connectivity index (χ3n) is 11.8. The van der Waals surface area contributed by atoms with Crippen LogP contribution in [0, 0.1) is 0 Å². The van der Waals surface area contributed by atoms with Crippen LogP contribution in [0.5, 0.6) is 0 Å². The van der Waals surface area contributed by atoms with Crippen LogP contribution in [-0.2, 0) is 69.9 Å². The summed E-state index contributed by atoms with van der Waals surface area (Å²) in [5.74, 6) is 1.20. The second kappa shape index (κ2) is 29.5. The number of aliphatic hydroxyl groups is 1. The average Bonchev–Trinajstić information content (AvgIpc) is 4.28. The number of hydrogen-bond donors (Lipinski definition) is 2. The first kappa shape index (κ1) is 68.6. The van der Waals surface area contributed by atoms with Gasteiger partial charge >= 0.3 is 0 Å². The van der Waals surface area contributed by atoms with Crippen molar-refractivity contribution in [2.24, 2.45) is 4.99 Å². The first-order valence-corrected chi connectivity index (χ1v) is 39.3. The first-order chi connectivity index (χ1) is 38.6. The molecule has 0 bridgehead atoms. The fourth-order valence-corrected chi connectivity index (χ4v) is 21.6. The molecule has 28 heteroatoms. The molecule has 0 spiro atoms. The van der Waals surface area contributed by atoms with E-state index < -0.39 is 31.1 Å². The van der Waals surface area contributed by atoms with Gasteiger partial charge in [0.25, 0.3) is 5.91 Å². The number of nitrogens with zero attached hydrogens (tertiary/aromatic N) is 5. The Morgan fingerprint density at radius 1 is 0.699 bits per heavy atom. The van der Waals surface area contributed by atoms with Crippen molar-refractivity contribution in [1.82, 2.24) is 24.4 Å². The highest BCUT2D eigenvalue weighted by atomic mass is 35.5. The minimum absolute atomic E-state index is 0. The highest BCUT2D eigenvalue weighted by molar-refractivity contribution is 8.63. The Morgan fingerprint density at radius 3 is 1.55 bits per heavy atom. The van der Waals surface area contributed by atoms with Crippen LogP contribution in [0.3, 0.4) is 0 Å². The molecule has 8 aromatic rings. The second-order valence-electron chi connectivity index (χ2n) is 19.2. The van der Waals surface area contributed by atoms with Crippen LogP contribution in [0.15, 0.2) is 149 Å². The predicted molar refractivity (Wildman–Crippen MR) is 364 cm³/mol. The lowest BCUT2D eigenvalue weighted by Gasteiger charge is -2.22. The van der Waals surface area contributed by atoms with Crippen molar-refractivity contribution in [3.63, 3.8) is 0 Å². The molecule has 0 atom stereocenters. The smallest absolute Gasteiger partial charge is 0.271 e. The zero-order chi connectivity index (χ0) is 59.9. The molecule has 2 N–H and O–H groups in total. The number of carbonyl (C=O) groups is 1. The number of hydrogen-bond acceptors (Lipinski definition) is 12. The van der Waals surface area contributed by atoms with Gasteiger partial charge in [-0.15, -0.1) is 11.8 Å². The van der Waals surface area contributed by atoms with Crippen LogP contribution >= 0.6 is 95.5 Å². The monoisotopic (exact) mass is 1420 g/mol. The van der Waals surface area contributed by atoms with Gasteiger partial charge in [-0.25, -0.2) is 26.8 Å². The normalized spacial score (nSPS) is 13.0. The Balaban J connectivity index is 0.000000237. The van der Waals surface area contributed by atoms with E-state index >= 15 is 0 Å². The van der Waals surface area contributed by atoms with Crippen LogP contribution in [0.1, 0.15) is 51.3 Å². The molecule has 1 aliphatic rings. The Hall–Kier alpha value is -3.47. The van der Waals surface area contributed by atoms with Gasteiger partial charge in [-0.1, -0.05) is 126 Å². The highest BCUT2D eigenvalue weighted by Gasteiger charge is 2.30. The van der Waals surface area contributed by atoms with Crippen molar-refractivity contribution in [1.29, 1.82) is 0 Å². The minimum Gasteiger partial charge on any atom is -0.394 e. The number of nitrogens with one attached hydrogen (secondary N) is 1. The molecule has 83 heavy (non-hydrogen) atoms. The highest BCUT2D eigenvalue weighted by Crippen LogP contribution is 2.41. The molecule has 6 aromatic carbocycles. The Bertz CT molecular complexity index is 4180. The standard InChI is InChI=1S/C27H24Cl3N3O4S.C27H22Cl3N3O2S2.CH4.P2S5/c1-27(2,15-34)32-26(35)22-14-33(25(31-22)24-19(28)8-5-9-20(24)29)23-11-10-17(13-21(23)30)16-6-4-7-18(12-16)38(3,36)37;1-27(2)15-36-26(32-27)22-14-33(25(31-22)24-19(28)8-5-9-20(24)29)23-11-10-17(13-21(23)30)16-6-4-7-18(12-16)37(3,34)35;;3-1-2-5-7-6-4/h4-14,34H,15H2,1-3H3,(H,32,35);4-14H,15H2,1-3H3;1H4;. The summed E-state index contributed by atoms with van der Waals surface area (Å²) in [6, 6.07) is 34.5. The van der Waals surface area contributed by atoms with Crippen molar-refractivity contribution in [2.75, 3.05) is 24.9 Å². The number of sulfone groups is 2. The van der Waals surface area contributed by atoms with Crippen molar-refractivity contribution >= 4 is 176 Å². The number of rotatable bonds is 13. The number of aliphatic imine (C=N–C) groups is 1. The van der Waals surface area contributed by atoms with E-state index in [-0.39, 0.29) is 35.1 Å². The summed E-state index contributed by atoms with van der Waals surface area (Å²) in [5, 5.41) is 15.5. The number of carbonyl (C=O) groups excluding carboxylic acids is 1. The maximum atomic E-state index is 13.0. The lowest BCUT2D eigenvalue weighted by Crippen LogP contribution is -2.46. The van der Waals surface area contributed by atoms with Crippen molar-refractivity contribution < 1.29 is 26.7 Å². The number of halogens is 6. The van der Waals surface area contributed by atoms with Gasteiger partial charge < -0.3 is 10.4 Å². The number of aromatic nitrogens is 4. The quantitative estimate of drug-likeness (QED) is 0.106. The van der Waals surface area contributed by atoms with E-state index in [9.17, 15) is 26.7 Å². The lowest BCUT2D eigenvalue weighted by atomic mass is 10.1. The SMILES string of the molecule is C.CC(C)(CO)NC(=O)c1cn(-c2ccc(-c3cccc(S(C)(=O)=O)c3)cc2Cl)c(-c2c(Cl)cccc2Cl)n1.CC1(C)CSC(c2cn(-c3ccc(-c4cccc(S(C)(=O)=O)c4)cc3Cl)c(-c3c(Cl)cccc3Cl)n2)=N1.S=PP=S=S=S=S. The van der Waals surface area contributed by atoms with Crippen LogP contribution in [-0.4, -0.2) is 87.9 Å². The molecule has 1 aliphatic heterocycles. The van der Waals surface area contributed by atoms with Gasteiger partial charge in [-0.3, -0.25) is 18.9 Å². The van der Waals surface area contributed by atoms with Crippen LogP contribution in [0.25, 0.3) is 56.4 Å². The van der Waals surface area contributed by atoms with Crippen molar-refractivity contribution in [2.45, 2.75) is 56.0 Å². The third kappa shape index (κ3) is 17.6. The Labute approximate surface area is 539 Å².